The minimum absolute atomic E-state index is 0.272. The van der Waals surface area contributed by atoms with Crippen molar-refractivity contribution in [3.8, 4) is 0 Å². The van der Waals surface area contributed by atoms with Gasteiger partial charge >= 0.3 is 6.03 Å². The topological polar surface area (TPSA) is 109 Å². The van der Waals surface area contributed by atoms with E-state index in [0.717, 1.165) is 0 Å². The molecule has 2 saturated heterocycles. The van der Waals surface area contributed by atoms with Crippen molar-refractivity contribution < 1.29 is 21.6 Å². The van der Waals surface area contributed by atoms with Gasteiger partial charge in [0.25, 0.3) is 0 Å². The third-order valence-electron chi connectivity index (χ3n) is 2.97. The van der Waals surface area contributed by atoms with Gasteiger partial charge < -0.3 is 0 Å². The van der Waals surface area contributed by atoms with Crippen molar-refractivity contribution >= 4 is 26.1 Å². The largest absolute Gasteiger partial charge is 0.342 e. The average molecular weight is 268 g/mol. The molecule has 0 aromatic rings. The molecule has 1 aliphatic carbocycles. The highest BCUT2D eigenvalue weighted by molar-refractivity contribution is 7.92. The zero-order valence-corrected chi connectivity index (χ0v) is 9.97. The second-order valence-electron chi connectivity index (χ2n) is 4.02. The van der Waals surface area contributed by atoms with E-state index in [-0.39, 0.29) is 25.7 Å². The zero-order chi connectivity index (χ0) is 12.0. The maximum absolute atomic E-state index is 11.6. The summed E-state index contributed by atoms with van der Waals surface area (Å²) in [6.45, 7) is 0. The number of hydrogen-bond donors (Lipinski definition) is 2. The van der Waals surface area contributed by atoms with E-state index in [1.807, 2.05) is 0 Å². The van der Waals surface area contributed by atoms with Crippen molar-refractivity contribution in [1.82, 2.24) is 9.44 Å². The van der Waals surface area contributed by atoms with E-state index >= 15 is 0 Å². The summed E-state index contributed by atoms with van der Waals surface area (Å²) in [7, 11) is -7.49. The van der Waals surface area contributed by atoms with Gasteiger partial charge in [-0.1, -0.05) is 0 Å². The molecule has 7 nitrogen and oxygen atoms in total. The van der Waals surface area contributed by atoms with Gasteiger partial charge in [0, 0.05) is 0 Å². The first-order chi connectivity index (χ1) is 7.31. The molecule has 0 atom stereocenters. The highest BCUT2D eigenvalue weighted by Gasteiger charge is 2.40. The Hall–Kier alpha value is -0.830. The normalized spacial score (nSPS) is 36.4. The number of carbonyl (C=O) groups excluding carboxylic acids is 1. The maximum Gasteiger partial charge on any atom is 0.342 e. The number of rotatable bonds is 0. The number of urea groups is 1. The SMILES string of the molecule is O=C1NS(=O)(=O)[C@H]2CC[C@@H](CC2)S(=O)(=O)N1. The smallest absolute Gasteiger partial charge is 0.247 e. The van der Waals surface area contributed by atoms with E-state index in [9.17, 15) is 21.6 Å². The highest BCUT2D eigenvalue weighted by atomic mass is 32.2. The first kappa shape index (κ1) is 11.6. The van der Waals surface area contributed by atoms with Crippen molar-refractivity contribution in [1.29, 1.82) is 0 Å². The van der Waals surface area contributed by atoms with Crippen molar-refractivity contribution in [3.05, 3.63) is 0 Å². The molecule has 9 heteroatoms. The summed E-state index contributed by atoms with van der Waals surface area (Å²) in [5.74, 6) is 0. The number of nitrogens with one attached hydrogen (secondary N) is 2. The Morgan fingerprint density at radius 1 is 0.812 bits per heavy atom. The molecule has 0 aromatic carbocycles. The van der Waals surface area contributed by atoms with E-state index in [1.54, 1.807) is 9.44 Å². The fourth-order valence-electron chi connectivity index (χ4n) is 2.10. The van der Waals surface area contributed by atoms with E-state index < -0.39 is 36.6 Å². The summed E-state index contributed by atoms with van der Waals surface area (Å²) in [5, 5.41) is -1.33. The first-order valence-corrected chi connectivity index (χ1v) is 7.98. The van der Waals surface area contributed by atoms with Crippen LogP contribution in [0.4, 0.5) is 4.79 Å². The molecule has 0 unspecified atom stereocenters. The van der Waals surface area contributed by atoms with Crippen molar-refractivity contribution in [3.63, 3.8) is 0 Å². The molecule has 2 bridgehead atoms. The summed E-state index contributed by atoms with van der Waals surface area (Å²) in [6, 6.07) is -1.18. The molecule has 3 rings (SSSR count). The molecule has 0 radical (unpaired) electrons. The number of hydrogen-bond acceptors (Lipinski definition) is 5. The van der Waals surface area contributed by atoms with Crippen LogP contribution in [-0.4, -0.2) is 33.4 Å². The third-order valence-corrected chi connectivity index (χ3v) is 6.61. The standard InChI is InChI=1S/C7H12N2O5S2/c10-7-8-15(11,12)5-1-2-6(4-3-5)16(13,14)9-7/h5-6H,1-4H2,(H2,8,9,10)/t5-,6-. The lowest BCUT2D eigenvalue weighted by Crippen LogP contribution is -2.44. The van der Waals surface area contributed by atoms with Gasteiger partial charge in [-0.2, -0.15) is 0 Å². The molecule has 2 aliphatic heterocycles. The summed E-state index contributed by atoms with van der Waals surface area (Å²) in [6.07, 6.45) is 1.09. The van der Waals surface area contributed by atoms with Crippen molar-refractivity contribution in [2.75, 3.05) is 0 Å². The van der Waals surface area contributed by atoms with Gasteiger partial charge in [0.1, 0.15) is 0 Å². The van der Waals surface area contributed by atoms with Crippen LogP contribution in [-0.2, 0) is 20.0 Å². The molecule has 2 heterocycles. The van der Waals surface area contributed by atoms with Crippen LogP contribution < -0.4 is 9.44 Å². The minimum atomic E-state index is -3.74. The van der Waals surface area contributed by atoms with E-state index in [4.69, 9.17) is 0 Å². The van der Waals surface area contributed by atoms with Crippen LogP contribution in [0.1, 0.15) is 25.7 Å². The molecule has 2 N–H and O–H groups in total. The Balaban J connectivity index is 2.42. The second kappa shape index (κ2) is 3.59. The lowest BCUT2D eigenvalue weighted by Gasteiger charge is -2.24. The highest BCUT2D eigenvalue weighted by Crippen LogP contribution is 2.28. The molecule has 16 heavy (non-hydrogen) atoms. The fourth-order valence-corrected chi connectivity index (χ4v) is 4.90. The predicted molar refractivity (Wildman–Crippen MR) is 55.6 cm³/mol. The number of sulfonamides is 2. The molecular formula is C7H12N2O5S2. The second-order valence-corrected chi connectivity index (χ2v) is 7.94. The van der Waals surface area contributed by atoms with Crippen molar-refractivity contribution in [2.24, 2.45) is 0 Å². The molecule has 1 saturated carbocycles. The summed E-state index contributed by atoms with van der Waals surface area (Å²) < 4.78 is 49.9. The van der Waals surface area contributed by atoms with Crippen LogP contribution in [0.3, 0.4) is 0 Å². The number of fused-ring (bicyclic) bond motifs is 6. The molecule has 0 aromatic heterocycles. The molecule has 2 amide bonds. The van der Waals surface area contributed by atoms with Gasteiger partial charge in [-0.3, -0.25) is 0 Å². The quantitative estimate of drug-likeness (QED) is 0.602. The molecule has 92 valence electrons. The predicted octanol–water partition coefficient (Wildman–Crippen LogP) is -0.730. The number of carbonyl (C=O) groups is 1. The Morgan fingerprint density at radius 2 is 1.12 bits per heavy atom. The fraction of sp³-hybridized carbons (Fsp3) is 0.857. The van der Waals surface area contributed by atoms with E-state index in [0.29, 0.717) is 0 Å². The Labute approximate surface area is 93.7 Å². The lowest BCUT2D eigenvalue weighted by atomic mass is 10.00. The summed E-state index contributed by atoms with van der Waals surface area (Å²) in [4.78, 5) is 11.2. The van der Waals surface area contributed by atoms with Gasteiger partial charge in [-0.15, -0.1) is 0 Å². The molecule has 0 spiro atoms. The first-order valence-electron chi connectivity index (χ1n) is 4.88. The monoisotopic (exact) mass is 268 g/mol. The Kier molecular flexibility index (Phi) is 2.61. The van der Waals surface area contributed by atoms with E-state index in [1.165, 1.54) is 0 Å². The lowest BCUT2D eigenvalue weighted by molar-refractivity contribution is 0.250. The summed E-state index contributed by atoms with van der Waals surface area (Å²) >= 11 is 0. The van der Waals surface area contributed by atoms with Gasteiger partial charge in [0.2, 0.25) is 20.0 Å². The molecule has 3 fully saturated rings. The third kappa shape index (κ3) is 2.01. The van der Waals surface area contributed by atoms with Crippen molar-refractivity contribution in [2.45, 2.75) is 36.2 Å². The van der Waals surface area contributed by atoms with Crippen LogP contribution in [0.5, 0.6) is 0 Å². The molecule has 3 aliphatic rings. The van der Waals surface area contributed by atoms with Crippen LogP contribution >= 0.6 is 0 Å². The Bertz CT molecular complexity index is 455. The van der Waals surface area contributed by atoms with Gasteiger partial charge in [0.05, 0.1) is 10.5 Å². The van der Waals surface area contributed by atoms with Crippen LogP contribution in [0.2, 0.25) is 0 Å². The van der Waals surface area contributed by atoms with Gasteiger partial charge in [0.15, 0.2) is 0 Å². The average Bonchev–Trinajstić information content (AvgIpc) is 2.19. The molecular weight excluding hydrogens is 256 g/mol. The maximum atomic E-state index is 11.6. The summed E-state index contributed by atoms with van der Waals surface area (Å²) in [5.41, 5.74) is 0. The van der Waals surface area contributed by atoms with Gasteiger partial charge in [-0.05, 0) is 25.7 Å². The van der Waals surface area contributed by atoms with Crippen LogP contribution in [0.25, 0.3) is 0 Å². The zero-order valence-electron chi connectivity index (χ0n) is 8.34. The van der Waals surface area contributed by atoms with E-state index in [2.05, 4.69) is 0 Å². The van der Waals surface area contributed by atoms with Gasteiger partial charge in [-0.25, -0.2) is 31.1 Å². The van der Waals surface area contributed by atoms with Crippen LogP contribution in [0, 0.1) is 0 Å². The Morgan fingerprint density at radius 3 is 1.44 bits per heavy atom. The number of amides is 2. The minimum Gasteiger partial charge on any atom is -0.247 e. The van der Waals surface area contributed by atoms with Crippen LogP contribution in [0.15, 0.2) is 0 Å².